The van der Waals surface area contributed by atoms with Gasteiger partial charge in [0.25, 0.3) is 0 Å². The van der Waals surface area contributed by atoms with Crippen LogP contribution in [0.3, 0.4) is 0 Å². The second-order valence-corrected chi connectivity index (χ2v) is 7.96. The van der Waals surface area contributed by atoms with Gasteiger partial charge in [0, 0.05) is 17.6 Å². The zero-order valence-corrected chi connectivity index (χ0v) is 13.6. The van der Waals surface area contributed by atoms with Gasteiger partial charge in [-0.25, -0.2) is 13.1 Å². The highest BCUT2D eigenvalue weighted by Crippen LogP contribution is 2.29. The third kappa shape index (κ3) is 3.56. The number of ketones is 1. The Morgan fingerprint density at radius 2 is 1.68 bits per heavy atom. The third-order valence-corrected chi connectivity index (χ3v) is 6.02. The summed E-state index contributed by atoms with van der Waals surface area (Å²) in [6, 6.07) is 6.87. The number of rotatable bonds is 5. The van der Waals surface area contributed by atoms with Crippen molar-refractivity contribution in [1.82, 2.24) is 9.62 Å². The molecule has 1 saturated carbocycles. The van der Waals surface area contributed by atoms with Crippen molar-refractivity contribution in [1.29, 1.82) is 0 Å². The third-order valence-electron chi connectivity index (χ3n) is 4.49. The van der Waals surface area contributed by atoms with E-state index >= 15 is 0 Å². The van der Waals surface area contributed by atoms with Gasteiger partial charge in [-0.05, 0) is 57.8 Å². The van der Waals surface area contributed by atoms with Gasteiger partial charge in [-0.3, -0.25) is 4.79 Å². The van der Waals surface area contributed by atoms with Crippen molar-refractivity contribution < 1.29 is 13.2 Å². The summed E-state index contributed by atoms with van der Waals surface area (Å²) in [5.74, 6) is -0.0654. The summed E-state index contributed by atoms with van der Waals surface area (Å²) in [6.45, 7) is 3.41. The van der Waals surface area contributed by atoms with E-state index < -0.39 is 10.0 Å². The second-order valence-electron chi connectivity index (χ2n) is 6.24. The van der Waals surface area contributed by atoms with Crippen LogP contribution >= 0.6 is 0 Å². The van der Waals surface area contributed by atoms with Gasteiger partial charge in [0.2, 0.25) is 10.0 Å². The smallest absolute Gasteiger partial charge is 0.240 e. The van der Waals surface area contributed by atoms with E-state index in [9.17, 15) is 13.2 Å². The molecule has 2 aliphatic rings. The molecule has 0 amide bonds. The lowest BCUT2D eigenvalue weighted by molar-refractivity contribution is 0.101. The molecule has 1 aliphatic carbocycles. The number of likely N-dealkylation sites (tertiary alicyclic amines) is 1. The predicted octanol–water partition coefficient (Wildman–Crippen LogP) is 1.79. The Bertz CT molecular complexity index is 642. The van der Waals surface area contributed by atoms with Gasteiger partial charge in [-0.15, -0.1) is 0 Å². The molecule has 1 aliphatic heterocycles. The number of piperidine rings is 1. The molecular formula is C16H22N2O3S. The Hall–Kier alpha value is -1.24. The van der Waals surface area contributed by atoms with Crippen LogP contribution in [0.15, 0.2) is 29.2 Å². The summed E-state index contributed by atoms with van der Waals surface area (Å²) in [5, 5.41) is 0. The number of nitrogens with zero attached hydrogens (tertiary/aromatic N) is 1. The van der Waals surface area contributed by atoms with Crippen LogP contribution in [0.5, 0.6) is 0 Å². The van der Waals surface area contributed by atoms with E-state index in [0.29, 0.717) is 5.56 Å². The molecule has 120 valence electrons. The molecule has 2 fully saturated rings. The number of sulfonamides is 1. The van der Waals surface area contributed by atoms with Crippen molar-refractivity contribution >= 4 is 15.8 Å². The van der Waals surface area contributed by atoms with E-state index in [0.717, 1.165) is 32.0 Å². The lowest BCUT2D eigenvalue weighted by Crippen LogP contribution is -2.45. The van der Waals surface area contributed by atoms with Crippen molar-refractivity contribution in [3.8, 4) is 0 Å². The van der Waals surface area contributed by atoms with Crippen LogP contribution in [0.1, 0.15) is 43.0 Å². The van der Waals surface area contributed by atoms with Gasteiger partial charge >= 0.3 is 0 Å². The number of hydrogen-bond donors (Lipinski definition) is 1. The van der Waals surface area contributed by atoms with Crippen molar-refractivity contribution in [2.24, 2.45) is 0 Å². The van der Waals surface area contributed by atoms with Gasteiger partial charge < -0.3 is 4.90 Å². The molecule has 0 bridgehead atoms. The van der Waals surface area contributed by atoms with Gasteiger partial charge in [0.05, 0.1) is 4.90 Å². The molecule has 0 unspecified atom stereocenters. The predicted molar refractivity (Wildman–Crippen MR) is 84.4 cm³/mol. The standard InChI is InChI=1S/C16H22N2O3S/c1-12(19)13-2-6-16(7-3-13)22(20,21)17-14-8-10-18(11-9-14)15-4-5-15/h2-3,6-7,14-15,17H,4-5,8-11H2,1H3. The van der Waals surface area contributed by atoms with Crippen LogP contribution < -0.4 is 4.72 Å². The molecule has 1 aromatic rings. The lowest BCUT2D eigenvalue weighted by Gasteiger charge is -2.32. The van der Waals surface area contributed by atoms with E-state index in [1.165, 1.54) is 31.9 Å². The molecule has 0 spiro atoms. The Morgan fingerprint density at radius 1 is 1.09 bits per heavy atom. The molecule has 1 saturated heterocycles. The second kappa shape index (κ2) is 6.10. The van der Waals surface area contributed by atoms with Crippen LogP contribution in [0.2, 0.25) is 0 Å². The number of hydrogen-bond acceptors (Lipinski definition) is 4. The summed E-state index contributed by atoms with van der Waals surface area (Å²) in [5.41, 5.74) is 0.525. The average Bonchev–Trinajstić information content (AvgIpc) is 3.32. The maximum Gasteiger partial charge on any atom is 0.240 e. The molecule has 1 N–H and O–H groups in total. The largest absolute Gasteiger partial charge is 0.300 e. The van der Waals surface area contributed by atoms with Gasteiger partial charge in [0.15, 0.2) is 5.78 Å². The Labute approximate surface area is 131 Å². The summed E-state index contributed by atoms with van der Waals surface area (Å²) in [7, 11) is -3.50. The normalized spacial score (nSPS) is 21.0. The minimum absolute atomic E-state index is 0.00693. The van der Waals surface area contributed by atoms with Gasteiger partial charge in [-0.1, -0.05) is 12.1 Å². The van der Waals surface area contributed by atoms with Crippen LogP contribution in [0.25, 0.3) is 0 Å². The SMILES string of the molecule is CC(=O)c1ccc(S(=O)(=O)NC2CCN(C3CC3)CC2)cc1. The number of carbonyl (C=O) groups excluding carboxylic acids is 1. The van der Waals surface area contributed by atoms with E-state index in [1.54, 1.807) is 12.1 Å². The molecule has 5 nitrogen and oxygen atoms in total. The summed E-state index contributed by atoms with van der Waals surface area (Å²) in [4.78, 5) is 13.9. The first-order chi connectivity index (χ1) is 10.5. The average molecular weight is 322 g/mol. The first kappa shape index (κ1) is 15.6. The van der Waals surface area contributed by atoms with Crippen molar-refractivity contribution in [3.63, 3.8) is 0 Å². The van der Waals surface area contributed by atoms with E-state index in [-0.39, 0.29) is 16.7 Å². The number of Topliss-reactive ketones (excluding diaryl/α,β-unsaturated/α-hetero) is 1. The molecule has 0 atom stereocenters. The molecule has 0 aromatic heterocycles. The molecule has 1 heterocycles. The van der Waals surface area contributed by atoms with E-state index in [1.807, 2.05) is 0 Å². The Kier molecular flexibility index (Phi) is 4.34. The maximum atomic E-state index is 12.4. The fourth-order valence-corrected chi connectivity index (χ4v) is 4.28. The van der Waals surface area contributed by atoms with Crippen LogP contribution in [-0.4, -0.2) is 44.3 Å². The Morgan fingerprint density at radius 3 is 2.18 bits per heavy atom. The molecule has 3 rings (SSSR count). The zero-order valence-electron chi connectivity index (χ0n) is 12.8. The number of nitrogens with one attached hydrogen (secondary N) is 1. The fraction of sp³-hybridized carbons (Fsp3) is 0.562. The number of carbonyl (C=O) groups is 1. The van der Waals surface area contributed by atoms with Crippen molar-refractivity contribution in [2.75, 3.05) is 13.1 Å². The van der Waals surface area contributed by atoms with Gasteiger partial charge in [-0.2, -0.15) is 0 Å². The molecule has 6 heteroatoms. The fourth-order valence-electron chi connectivity index (χ4n) is 2.98. The summed E-state index contributed by atoms with van der Waals surface area (Å²) < 4.78 is 27.6. The first-order valence-corrected chi connectivity index (χ1v) is 9.31. The van der Waals surface area contributed by atoms with Crippen LogP contribution in [0, 0.1) is 0 Å². The van der Waals surface area contributed by atoms with Gasteiger partial charge in [0.1, 0.15) is 0 Å². The highest BCUT2D eigenvalue weighted by Gasteiger charge is 2.32. The minimum Gasteiger partial charge on any atom is -0.300 e. The van der Waals surface area contributed by atoms with Crippen LogP contribution in [0.4, 0.5) is 0 Å². The molecule has 0 radical (unpaired) electrons. The molecule has 22 heavy (non-hydrogen) atoms. The lowest BCUT2D eigenvalue weighted by atomic mass is 10.1. The highest BCUT2D eigenvalue weighted by molar-refractivity contribution is 7.89. The molecule has 1 aromatic carbocycles. The van der Waals surface area contributed by atoms with E-state index in [4.69, 9.17) is 0 Å². The number of benzene rings is 1. The highest BCUT2D eigenvalue weighted by atomic mass is 32.2. The van der Waals surface area contributed by atoms with Crippen molar-refractivity contribution in [2.45, 2.75) is 49.6 Å². The summed E-state index contributed by atoms with van der Waals surface area (Å²) >= 11 is 0. The zero-order chi connectivity index (χ0) is 15.7. The van der Waals surface area contributed by atoms with Crippen LogP contribution in [-0.2, 0) is 10.0 Å². The maximum absolute atomic E-state index is 12.4. The Balaban J connectivity index is 1.62. The van der Waals surface area contributed by atoms with Crippen molar-refractivity contribution in [3.05, 3.63) is 29.8 Å². The topological polar surface area (TPSA) is 66.5 Å². The first-order valence-electron chi connectivity index (χ1n) is 7.83. The monoisotopic (exact) mass is 322 g/mol. The quantitative estimate of drug-likeness (QED) is 0.840. The summed E-state index contributed by atoms with van der Waals surface area (Å²) in [6.07, 6.45) is 4.31. The minimum atomic E-state index is -3.50. The van der Waals surface area contributed by atoms with E-state index in [2.05, 4.69) is 9.62 Å². The molecular weight excluding hydrogens is 300 g/mol.